The van der Waals surface area contributed by atoms with E-state index in [9.17, 15) is 19.5 Å². The highest BCUT2D eigenvalue weighted by Gasteiger charge is 2.24. The first-order chi connectivity index (χ1) is 15.4. The van der Waals surface area contributed by atoms with Gasteiger partial charge in [0.05, 0.1) is 5.56 Å². The molecule has 4 aromatic rings. The average molecular weight is 438 g/mol. The zero-order chi connectivity index (χ0) is 23.0. The Labute approximate surface area is 183 Å². The van der Waals surface area contributed by atoms with E-state index in [2.05, 4.69) is 4.98 Å². The maximum atomic E-state index is 13.6. The van der Waals surface area contributed by atoms with Crippen LogP contribution < -0.4 is 16.8 Å². The van der Waals surface area contributed by atoms with Crippen LogP contribution in [0.4, 0.5) is 0 Å². The maximum Gasteiger partial charge on any atom is 0.332 e. The Morgan fingerprint density at radius 2 is 1.59 bits per heavy atom. The molecular formula is C23H27N5O4. The quantitative estimate of drug-likeness (QED) is 0.477. The third-order valence-corrected chi connectivity index (χ3v) is 5.83. The number of aromatic nitrogens is 5. The van der Waals surface area contributed by atoms with Crippen molar-refractivity contribution in [1.29, 1.82) is 0 Å². The molecule has 0 bridgehead atoms. The van der Waals surface area contributed by atoms with Gasteiger partial charge in [-0.2, -0.15) is 4.98 Å². The van der Waals surface area contributed by atoms with E-state index in [0.717, 1.165) is 23.0 Å². The monoisotopic (exact) mass is 437 g/mol. The Kier molecular flexibility index (Phi) is 5.73. The van der Waals surface area contributed by atoms with E-state index in [1.165, 1.54) is 8.97 Å². The standard InChI is InChI=1S/C23H27N5O4/c1-4-7-13-27-19(29)16(14-15-11-9-8-10-12-15)20(30)28-17-18(24-22(27)28)25(5-2)23(32)26(6-3)21(17)31/h8-12,29H,4-7,13-14H2,1-3H3. The van der Waals surface area contributed by atoms with Crippen LogP contribution >= 0.6 is 0 Å². The number of hydrogen-bond acceptors (Lipinski definition) is 5. The van der Waals surface area contributed by atoms with E-state index in [-0.39, 0.29) is 41.4 Å². The number of imidazole rings is 1. The van der Waals surface area contributed by atoms with Gasteiger partial charge in [0.25, 0.3) is 11.1 Å². The van der Waals surface area contributed by atoms with Crippen LogP contribution in [0.1, 0.15) is 44.7 Å². The summed E-state index contributed by atoms with van der Waals surface area (Å²) in [7, 11) is 0. The van der Waals surface area contributed by atoms with Gasteiger partial charge in [0.1, 0.15) is 0 Å². The number of aromatic hydroxyl groups is 1. The SMILES string of the molecule is CCCCn1c(O)c(Cc2ccccc2)c(=O)n2c3c(=O)n(CC)c(=O)n(CC)c3nc12. The highest BCUT2D eigenvalue weighted by Crippen LogP contribution is 2.23. The molecule has 0 aliphatic heterocycles. The molecule has 0 aliphatic rings. The molecule has 0 unspecified atom stereocenters. The highest BCUT2D eigenvalue weighted by molar-refractivity contribution is 5.75. The third kappa shape index (κ3) is 3.24. The Morgan fingerprint density at radius 1 is 0.906 bits per heavy atom. The number of benzene rings is 1. The summed E-state index contributed by atoms with van der Waals surface area (Å²) in [6, 6.07) is 9.38. The Balaban J connectivity index is 2.18. The van der Waals surface area contributed by atoms with Gasteiger partial charge in [0.2, 0.25) is 11.7 Å². The van der Waals surface area contributed by atoms with Crippen LogP contribution in [-0.2, 0) is 26.1 Å². The molecule has 32 heavy (non-hydrogen) atoms. The van der Waals surface area contributed by atoms with Crippen molar-refractivity contribution >= 4 is 16.9 Å². The van der Waals surface area contributed by atoms with E-state index in [0.29, 0.717) is 13.1 Å². The molecule has 0 saturated heterocycles. The lowest BCUT2D eigenvalue weighted by Crippen LogP contribution is -2.40. The fourth-order valence-corrected chi connectivity index (χ4v) is 4.13. The lowest BCUT2D eigenvalue weighted by atomic mass is 10.1. The second kappa shape index (κ2) is 8.49. The number of hydrogen-bond donors (Lipinski definition) is 1. The average Bonchev–Trinajstić information content (AvgIpc) is 3.18. The zero-order valence-electron chi connectivity index (χ0n) is 18.5. The first-order valence-electron chi connectivity index (χ1n) is 11.0. The molecule has 4 rings (SSSR count). The van der Waals surface area contributed by atoms with Crippen molar-refractivity contribution in [3.8, 4) is 5.88 Å². The van der Waals surface area contributed by atoms with Crippen molar-refractivity contribution < 1.29 is 5.11 Å². The van der Waals surface area contributed by atoms with E-state index in [1.807, 2.05) is 37.3 Å². The van der Waals surface area contributed by atoms with Crippen LogP contribution in [0, 0.1) is 0 Å². The van der Waals surface area contributed by atoms with Gasteiger partial charge in [-0.3, -0.25) is 23.3 Å². The van der Waals surface area contributed by atoms with Gasteiger partial charge in [-0.1, -0.05) is 43.7 Å². The predicted octanol–water partition coefficient (Wildman–Crippen LogP) is 2.11. The number of rotatable bonds is 7. The molecule has 0 aliphatic carbocycles. The summed E-state index contributed by atoms with van der Waals surface area (Å²) in [5.41, 5.74) is -0.244. The van der Waals surface area contributed by atoms with E-state index < -0.39 is 16.8 Å². The topological polar surface area (TPSA) is 104 Å². The molecule has 0 amide bonds. The molecule has 3 heterocycles. The molecule has 9 heteroatoms. The van der Waals surface area contributed by atoms with Gasteiger partial charge in [-0.15, -0.1) is 0 Å². The van der Waals surface area contributed by atoms with Gasteiger partial charge in [0.15, 0.2) is 11.2 Å². The minimum Gasteiger partial charge on any atom is -0.494 e. The predicted molar refractivity (Wildman–Crippen MR) is 123 cm³/mol. The highest BCUT2D eigenvalue weighted by atomic mass is 16.3. The second-order valence-corrected chi connectivity index (χ2v) is 7.77. The van der Waals surface area contributed by atoms with Crippen molar-refractivity contribution in [1.82, 2.24) is 23.1 Å². The van der Waals surface area contributed by atoms with Gasteiger partial charge in [-0.05, 0) is 25.8 Å². The van der Waals surface area contributed by atoms with Crippen LogP contribution in [0.15, 0.2) is 44.7 Å². The minimum absolute atomic E-state index is 0.0628. The minimum atomic E-state index is -0.555. The van der Waals surface area contributed by atoms with Crippen LogP contribution in [0.2, 0.25) is 0 Å². The van der Waals surface area contributed by atoms with Crippen LogP contribution in [0.25, 0.3) is 16.9 Å². The Hall–Kier alpha value is -3.62. The largest absolute Gasteiger partial charge is 0.494 e. The first-order valence-corrected chi connectivity index (χ1v) is 11.0. The summed E-state index contributed by atoms with van der Waals surface area (Å²) in [6.45, 7) is 6.43. The lowest BCUT2D eigenvalue weighted by molar-refractivity contribution is 0.401. The number of unbranched alkanes of at least 4 members (excludes halogenated alkanes) is 1. The summed E-state index contributed by atoms with van der Waals surface area (Å²) in [6.07, 6.45) is 1.83. The summed E-state index contributed by atoms with van der Waals surface area (Å²) < 4.78 is 5.34. The number of aryl methyl sites for hydroxylation is 2. The van der Waals surface area contributed by atoms with Crippen molar-refractivity contribution in [2.75, 3.05) is 0 Å². The van der Waals surface area contributed by atoms with Gasteiger partial charge in [-0.25, -0.2) is 9.20 Å². The van der Waals surface area contributed by atoms with Crippen molar-refractivity contribution in [3.63, 3.8) is 0 Å². The summed E-state index contributed by atoms with van der Waals surface area (Å²) in [4.78, 5) is 44.2. The van der Waals surface area contributed by atoms with Crippen molar-refractivity contribution in [3.05, 3.63) is 72.7 Å². The van der Waals surface area contributed by atoms with Crippen molar-refractivity contribution in [2.45, 2.75) is 59.7 Å². The van der Waals surface area contributed by atoms with Crippen LogP contribution in [0.3, 0.4) is 0 Å². The molecule has 0 spiro atoms. The molecule has 0 atom stereocenters. The Morgan fingerprint density at radius 3 is 2.22 bits per heavy atom. The maximum absolute atomic E-state index is 13.6. The summed E-state index contributed by atoms with van der Waals surface area (Å²) in [5, 5.41) is 11.1. The fourth-order valence-electron chi connectivity index (χ4n) is 4.13. The normalized spacial score (nSPS) is 11.6. The number of nitrogens with zero attached hydrogens (tertiary/aromatic N) is 5. The number of fused-ring (bicyclic) bond motifs is 3. The van der Waals surface area contributed by atoms with Gasteiger partial charge >= 0.3 is 5.69 Å². The van der Waals surface area contributed by atoms with Crippen molar-refractivity contribution in [2.24, 2.45) is 0 Å². The smallest absolute Gasteiger partial charge is 0.332 e. The lowest BCUT2D eigenvalue weighted by Gasteiger charge is -2.14. The molecule has 168 valence electrons. The first kappa shape index (κ1) is 21.6. The molecule has 3 aromatic heterocycles. The molecule has 1 aromatic carbocycles. The van der Waals surface area contributed by atoms with Crippen LogP contribution in [0.5, 0.6) is 5.88 Å². The molecule has 0 saturated carbocycles. The van der Waals surface area contributed by atoms with Gasteiger partial charge in [0, 0.05) is 26.1 Å². The molecule has 0 radical (unpaired) electrons. The molecular weight excluding hydrogens is 410 g/mol. The zero-order valence-corrected chi connectivity index (χ0v) is 18.5. The third-order valence-electron chi connectivity index (χ3n) is 5.83. The van der Waals surface area contributed by atoms with E-state index in [1.54, 1.807) is 18.4 Å². The molecule has 9 nitrogen and oxygen atoms in total. The molecule has 1 N–H and O–H groups in total. The second-order valence-electron chi connectivity index (χ2n) is 7.77. The fraction of sp³-hybridized carbons (Fsp3) is 0.391. The van der Waals surface area contributed by atoms with E-state index in [4.69, 9.17) is 0 Å². The molecule has 0 fully saturated rings. The van der Waals surface area contributed by atoms with Crippen LogP contribution in [-0.4, -0.2) is 28.2 Å². The summed E-state index contributed by atoms with van der Waals surface area (Å²) in [5.74, 6) is 0.0108. The summed E-state index contributed by atoms with van der Waals surface area (Å²) >= 11 is 0. The van der Waals surface area contributed by atoms with Gasteiger partial charge < -0.3 is 5.11 Å². The van der Waals surface area contributed by atoms with E-state index >= 15 is 0 Å². The Bertz CT molecular complexity index is 1470.